The topological polar surface area (TPSA) is 0 Å². The summed E-state index contributed by atoms with van der Waals surface area (Å²) in [6.45, 7) is 3.64. The van der Waals surface area contributed by atoms with Crippen LogP contribution in [0.4, 0.5) is 4.39 Å². The van der Waals surface area contributed by atoms with Gasteiger partial charge in [-0.2, -0.15) is 0 Å². The van der Waals surface area contributed by atoms with Crippen molar-refractivity contribution in [3.8, 4) is 0 Å². The van der Waals surface area contributed by atoms with E-state index in [4.69, 9.17) is 7.85 Å². The first-order chi connectivity index (χ1) is 5.16. The van der Waals surface area contributed by atoms with Crippen LogP contribution in [0.3, 0.4) is 0 Å². The fourth-order valence-corrected chi connectivity index (χ4v) is 1.11. The molecule has 0 amide bonds. The van der Waals surface area contributed by atoms with Crippen molar-refractivity contribution in [3.63, 3.8) is 0 Å². The van der Waals surface area contributed by atoms with Gasteiger partial charge in [0.25, 0.3) is 0 Å². The molecule has 2 heteroatoms. The Balaban J connectivity index is 3.29. The van der Waals surface area contributed by atoms with E-state index in [9.17, 15) is 4.39 Å². The molecule has 0 fully saturated rings. The van der Waals surface area contributed by atoms with Gasteiger partial charge in [0.05, 0.1) is 0 Å². The van der Waals surface area contributed by atoms with Gasteiger partial charge >= 0.3 is 0 Å². The Labute approximate surface area is 67.8 Å². The van der Waals surface area contributed by atoms with Gasteiger partial charge in [-0.3, -0.25) is 0 Å². The molecule has 0 spiro atoms. The van der Waals surface area contributed by atoms with Crippen LogP contribution in [0.15, 0.2) is 12.1 Å². The molecule has 1 aromatic carbocycles. The first-order valence-corrected chi connectivity index (χ1v) is 3.70. The molecular weight excluding hydrogens is 138 g/mol. The van der Waals surface area contributed by atoms with Crippen molar-refractivity contribution in [2.45, 2.75) is 20.3 Å². The van der Waals surface area contributed by atoms with Gasteiger partial charge in [0.2, 0.25) is 0 Å². The molecule has 0 unspecified atom stereocenters. The zero-order valence-corrected chi connectivity index (χ0v) is 6.82. The summed E-state index contributed by atoms with van der Waals surface area (Å²) in [4.78, 5) is 0. The van der Waals surface area contributed by atoms with Gasteiger partial charge in [0.1, 0.15) is 13.7 Å². The maximum absolute atomic E-state index is 13.2. The van der Waals surface area contributed by atoms with E-state index in [1.807, 2.05) is 6.92 Å². The van der Waals surface area contributed by atoms with Crippen LogP contribution in [0.5, 0.6) is 0 Å². The largest absolute Gasteiger partial charge is 0.206 e. The maximum Gasteiger partial charge on any atom is 0.128 e. The fourth-order valence-electron chi connectivity index (χ4n) is 1.11. The van der Waals surface area contributed by atoms with Crippen LogP contribution in [-0.2, 0) is 6.42 Å². The lowest BCUT2D eigenvalue weighted by atomic mass is 9.88. The molecule has 0 N–H and O–H groups in total. The van der Waals surface area contributed by atoms with E-state index >= 15 is 0 Å². The molecule has 56 valence electrons. The monoisotopic (exact) mass is 148 g/mol. The molecule has 1 rings (SSSR count). The van der Waals surface area contributed by atoms with Crippen molar-refractivity contribution < 1.29 is 4.39 Å². The average Bonchev–Trinajstić information content (AvgIpc) is 1.99. The van der Waals surface area contributed by atoms with Crippen LogP contribution in [0.2, 0.25) is 0 Å². The number of rotatable bonds is 1. The Kier molecular flexibility index (Phi) is 2.33. The molecule has 0 saturated heterocycles. The zero-order valence-electron chi connectivity index (χ0n) is 6.82. The zero-order chi connectivity index (χ0) is 8.43. The second-order valence-corrected chi connectivity index (χ2v) is 2.62. The number of benzene rings is 1. The smallest absolute Gasteiger partial charge is 0.128 e. The Morgan fingerprint density at radius 1 is 1.45 bits per heavy atom. The molecule has 0 bridgehead atoms. The summed E-state index contributed by atoms with van der Waals surface area (Å²) in [6, 6.07) is 3.45. The summed E-state index contributed by atoms with van der Waals surface area (Å²) < 4.78 is 13.2. The van der Waals surface area contributed by atoms with Crippen molar-refractivity contribution in [2.75, 3.05) is 0 Å². The molecule has 11 heavy (non-hydrogen) atoms. The molecule has 0 nitrogen and oxygen atoms in total. The van der Waals surface area contributed by atoms with Crippen LogP contribution in [0.25, 0.3) is 0 Å². The third-order valence-corrected chi connectivity index (χ3v) is 1.83. The minimum absolute atomic E-state index is 0.160. The Bertz CT molecular complexity index is 269. The van der Waals surface area contributed by atoms with E-state index in [0.717, 1.165) is 0 Å². The average molecular weight is 148 g/mol. The number of aryl methyl sites for hydroxylation is 1. The highest BCUT2D eigenvalue weighted by molar-refractivity contribution is 6.33. The van der Waals surface area contributed by atoms with Crippen LogP contribution in [0.1, 0.15) is 18.1 Å². The van der Waals surface area contributed by atoms with Crippen molar-refractivity contribution in [1.29, 1.82) is 0 Å². The van der Waals surface area contributed by atoms with Crippen LogP contribution in [0, 0.1) is 12.7 Å². The number of hydrogen-bond donors (Lipinski definition) is 0. The Hall–Kier alpha value is -0.785. The second-order valence-electron chi connectivity index (χ2n) is 2.62. The Morgan fingerprint density at radius 2 is 2.09 bits per heavy atom. The predicted octanol–water partition coefficient (Wildman–Crippen LogP) is 1.49. The lowest BCUT2D eigenvalue weighted by Gasteiger charge is -2.06. The third-order valence-electron chi connectivity index (χ3n) is 1.83. The van der Waals surface area contributed by atoms with E-state index in [0.29, 0.717) is 23.0 Å². The summed E-state index contributed by atoms with van der Waals surface area (Å²) in [5.41, 5.74) is 1.84. The third kappa shape index (κ3) is 1.45. The minimum Gasteiger partial charge on any atom is -0.206 e. The van der Waals surface area contributed by atoms with Gasteiger partial charge in [0, 0.05) is 0 Å². The van der Waals surface area contributed by atoms with Gasteiger partial charge in [-0.25, -0.2) is 4.39 Å². The van der Waals surface area contributed by atoms with Gasteiger partial charge < -0.3 is 0 Å². The van der Waals surface area contributed by atoms with Crippen LogP contribution >= 0.6 is 0 Å². The van der Waals surface area contributed by atoms with Crippen LogP contribution < -0.4 is 5.46 Å². The van der Waals surface area contributed by atoms with Crippen molar-refractivity contribution in [1.82, 2.24) is 0 Å². The maximum atomic E-state index is 13.2. The van der Waals surface area contributed by atoms with E-state index < -0.39 is 0 Å². The van der Waals surface area contributed by atoms with E-state index in [-0.39, 0.29) is 5.82 Å². The second kappa shape index (κ2) is 3.08. The molecule has 0 aromatic heterocycles. The molecule has 2 radical (unpaired) electrons. The molecule has 0 aliphatic heterocycles. The van der Waals surface area contributed by atoms with Crippen LogP contribution in [-0.4, -0.2) is 7.85 Å². The summed E-state index contributed by atoms with van der Waals surface area (Å²) in [5, 5.41) is 0. The quantitative estimate of drug-likeness (QED) is 0.529. The summed E-state index contributed by atoms with van der Waals surface area (Å²) >= 11 is 0. The first-order valence-electron chi connectivity index (χ1n) is 3.70. The Morgan fingerprint density at radius 3 is 2.55 bits per heavy atom. The minimum atomic E-state index is -0.160. The van der Waals surface area contributed by atoms with Gasteiger partial charge in [-0.05, 0) is 24.5 Å². The summed E-state index contributed by atoms with van der Waals surface area (Å²) in [6.07, 6.45) is 0.652. The number of hydrogen-bond acceptors (Lipinski definition) is 0. The SMILES string of the molecule is [B]c1ccc(C)c(F)c1CC. The summed E-state index contributed by atoms with van der Waals surface area (Å²) in [5.74, 6) is -0.160. The molecule has 0 aliphatic carbocycles. The van der Waals surface area contributed by atoms with E-state index in [1.54, 1.807) is 19.1 Å². The van der Waals surface area contributed by atoms with Crippen molar-refractivity contribution in [2.24, 2.45) is 0 Å². The number of halogens is 1. The lowest BCUT2D eigenvalue weighted by molar-refractivity contribution is 0.605. The highest BCUT2D eigenvalue weighted by Gasteiger charge is 2.04. The summed E-state index contributed by atoms with van der Waals surface area (Å²) in [7, 11) is 5.56. The molecule has 0 atom stereocenters. The molecule has 0 heterocycles. The molecular formula is C9H10BF. The molecule has 0 aliphatic rings. The van der Waals surface area contributed by atoms with Crippen molar-refractivity contribution in [3.05, 3.63) is 29.1 Å². The van der Waals surface area contributed by atoms with Gasteiger partial charge in [0.15, 0.2) is 0 Å². The predicted molar refractivity (Wildman–Crippen MR) is 45.9 cm³/mol. The lowest BCUT2D eigenvalue weighted by Crippen LogP contribution is -2.12. The normalized spacial score (nSPS) is 10.1. The highest BCUT2D eigenvalue weighted by atomic mass is 19.1. The molecule has 1 aromatic rings. The first kappa shape index (κ1) is 8.31. The standard InChI is InChI=1S/C9H10BF/c1-3-7-8(10)5-4-6(2)9(7)11/h4-5H,3H2,1-2H3. The van der Waals surface area contributed by atoms with Gasteiger partial charge in [-0.15, -0.1) is 0 Å². The van der Waals surface area contributed by atoms with Gasteiger partial charge in [-0.1, -0.05) is 24.5 Å². The highest BCUT2D eigenvalue weighted by Crippen LogP contribution is 2.09. The van der Waals surface area contributed by atoms with E-state index in [1.165, 1.54) is 0 Å². The molecule has 0 saturated carbocycles. The van der Waals surface area contributed by atoms with E-state index in [2.05, 4.69) is 0 Å². The van der Waals surface area contributed by atoms with Crippen molar-refractivity contribution >= 4 is 13.3 Å². The fraction of sp³-hybridized carbons (Fsp3) is 0.333.